The average molecular weight is 303 g/mol. The lowest BCUT2D eigenvalue weighted by Gasteiger charge is -2.08. The van der Waals surface area contributed by atoms with E-state index in [0.717, 1.165) is 11.4 Å². The number of hydrogen-bond donors (Lipinski definition) is 1. The van der Waals surface area contributed by atoms with Crippen LogP contribution in [0.1, 0.15) is 0 Å². The Morgan fingerprint density at radius 3 is 2.90 bits per heavy atom. The number of nitrogens with zero attached hydrogens (tertiary/aromatic N) is 5. The molecule has 0 amide bonds. The molecule has 0 aliphatic carbocycles. The van der Waals surface area contributed by atoms with Gasteiger partial charge in [0.1, 0.15) is 12.1 Å². The fraction of sp³-hybridized carbons (Fsp3) is 0.0769. The van der Waals surface area contributed by atoms with Gasteiger partial charge in [-0.05, 0) is 23.7 Å². The number of aromatic nitrogens is 5. The first-order valence-corrected chi connectivity index (χ1v) is 6.43. The van der Waals surface area contributed by atoms with E-state index >= 15 is 0 Å². The van der Waals surface area contributed by atoms with Crippen molar-refractivity contribution in [3.05, 3.63) is 48.3 Å². The van der Waals surface area contributed by atoms with Gasteiger partial charge in [-0.1, -0.05) is 6.07 Å². The first-order chi connectivity index (χ1) is 10.2. The van der Waals surface area contributed by atoms with E-state index in [1.54, 1.807) is 30.4 Å². The van der Waals surface area contributed by atoms with Crippen LogP contribution in [-0.2, 0) is 0 Å². The maximum absolute atomic E-state index is 5.93. The Hall–Kier alpha value is -2.67. The van der Waals surface area contributed by atoms with Crippen LogP contribution in [0.4, 0.5) is 11.6 Å². The Bertz CT molecular complexity index is 746. The first kappa shape index (κ1) is 13.3. The van der Waals surface area contributed by atoms with Crippen molar-refractivity contribution < 1.29 is 4.74 Å². The molecule has 1 aromatic carbocycles. The quantitative estimate of drug-likeness (QED) is 0.797. The minimum Gasteiger partial charge on any atom is -0.497 e. The van der Waals surface area contributed by atoms with Gasteiger partial charge in [0.25, 0.3) is 0 Å². The highest BCUT2D eigenvalue weighted by molar-refractivity contribution is 6.28. The minimum absolute atomic E-state index is 0.0964. The zero-order valence-electron chi connectivity index (χ0n) is 11.1. The molecule has 106 valence electrons. The summed E-state index contributed by atoms with van der Waals surface area (Å²) in [6.07, 6.45) is 4.94. The molecule has 3 rings (SSSR count). The van der Waals surface area contributed by atoms with Crippen LogP contribution in [0.25, 0.3) is 5.95 Å². The number of hydrogen-bond acceptors (Lipinski definition) is 6. The molecule has 0 bridgehead atoms. The van der Waals surface area contributed by atoms with Crippen molar-refractivity contribution in [1.29, 1.82) is 0 Å². The molecule has 0 atom stereocenters. The highest BCUT2D eigenvalue weighted by Gasteiger charge is 2.07. The monoisotopic (exact) mass is 302 g/mol. The lowest BCUT2D eigenvalue weighted by atomic mass is 10.3. The molecule has 3 aromatic rings. The molecule has 21 heavy (non-hydrogen) atoms. The summed E-state index contributed by atoms with van der Waals surface area (Å²) in [5.74, 6) is 1.46. The van der Waals surface area contributed by atoms with Crippen LogP contribution >= 0.6 is 11.6 Å². The molecule has 2 aromatic heterocycles. The summed E-state index contributed by atoms with van der Waals surface area (Å²) in [5.41, 5.74) is 0.785. The van der Waals surface area contributed by atoms with Gasteiger partial charge in [0.05, 0.1) is 7.11 Å². The van der Waals surface area contributed by atoms with Crippen LogP contribution in [0.3, 0.4) is 0 Å². The fourth-order valence-corrected chi connectivity index (χ4v) is 1.87. The minimum atomic E-state index is 0.0964. The SMILES string of the molecule is COc1cccc(Nc2nc(Cl)nc(-n3ccnc3)n2)c1. The number of methoxy groups -OCH3 is 1. The van der Waals surface area contributed by atoms with E-state index in [2.05, 4.69) is 25.3 Å². The summed E-state index contributed by atoms with van der Waals surface area (Å²) in [6, 6.07) is 7.41. The number of imidazole rings is 1. The van der Waals surface area contributed by atoms with Gasteiger partial charge in [-0.15, -0.1) is 0 Å². The zero-order valence-corrected chi connectivity index (χ0v) is 11.8. The predicted octanol–water partition coefficient (Wildman–Crippen LogP) is 2.46. The van der Waals surface area contributed by atoms with Gasteiger partial charge in [0.2, 0.25) is 17.2 Å². The summed E-state index contributed by atoms with van der Waals surface area (Å²) < 4.78 is 6.81. The summed E-state index contributed by atoms with van der Waals surface area (Å²) >= 11 is 5.93. The van der Waals surface area contributed by atoms with Gasteiger partial charge in [0.15, 0.2) is 0 Å². The van der Waals surface area contributed by atoms with E-state index < -0.39 is 0 Å². The highest BCUT2D eigenvalue weighted by atomic mass is 35.5. The third-order valence-electron chi connectivity index (χ3n) is 2.66. The second-order valence-electron chi connectivity index (χ2n) is 4.05. The second-order valence-corrected chi connectivity index (χ2v) is 4.39. The third kappa shape index (κ3) is 3.09. The maximum atomic E-state index is 5.93. The van der Waals surface area contributed by atoms with Gasteiger partial charge in [-0.3, -0.25) is 4.57 Å². The molecule has 0 aliphatic heterocycles. The number of nitrogens with one attached hydrogen (secondary N) is 1. The van der Waals surface area contributed by atoms with E-state index in [9.17, 15) is 0 Å². The normalized spacial score (nSPS) is 10.4. The van der Waals surface area contributed by atoms with Crippen molar-refractivity contribution in [3.63, 3.8) is 0 Å². The van der Waals surface area contributed by atoms with Crippen molar-refractivity contribution >= 4 is 23.2 Å². The maximum Gasteiger partial charge on any atom is 0.241 e. The molecule has 0 aliphatic rings. The molecule has 0 fully saturated rings. The number of benzene rings is 1. The number of rotatable bonds is 4. The van der Waals surface area contributed by atoms with Crippen molar-refractivity contribution in [2.75, 3.05) is 12.4 Å². The highest BCUT2D eigenvalue weighted by Crippen LogP contribution is 2.20. The molecule has 0 radical (unpaired) electrons. The van der Waals surface area contributed by atoms with Crippen LogP contribution in [0, 0.1) is 0 Å². The fourth-order valence-electron chi connectivity index (χ4n) is 1.72. The third-order valence-corrected chi connectivity index (χ3v) is 2.83. The van der Waals surface area contributed by atoms with Gasteiger partial charge in [0, 0.05) is 24.1 Å². The van der Waals surface area contributed by atoms with Gasteiger partial charge in [-0.2, -0.15) is 15.0 Å². The molecule has 0 unspecified atom stereocenters. The Morgan fingerprint density at radius 2 is 2.14 bits per heavy atom. The van der Waals surface area contributed by atoms with Crippen LogP contribution in [-0.4, -0.2) is 31.6 Å². The van der Waals surface area contributed by atoms with Gasteiger partial charge >= 0.3 is 0 Å². The first-order valence-electron chi connectivity index (χ1n) is 6.05. The molecule has 0 spiro atoms. The lowest BCUT2D eigenvalue weighted by Crippen LogP contribution is -2.05. The summed E-state index contributed by atoms with van der Waals surface area (Å²) in [7, 11) is 1.61. The molecule has 8 heteroatoms. The number of halogens is 1. The van der Waals surface area contributed by atoms with Crippen molar-refractivity contribution in [2.24, 2.45) is 0 Å². The lowest BCUT2D eigenvalue weighted by molar-refractivity contribution is 0.415. The van der Waals surface area contributed by atoms with Gasteiger partial charge in [-0.25, -0.2) is 4.98 Å². The average Bonchev–Trinajstić information content (AvgIpc) is 3.01. The van der Waals surface area contributed by atoms with E-state index in [1.165, 1.54) is 0 Å². The zero-order chi connectivity index (χ0) is 14.7. The van der Waals surface area contributed by atoms with Crippen LogP contribution in [0.15, 0.2) is 43.0 Å². The number of anilines is 2. The summed E-state index contributed by atoms with van der Waals surface area (Å²) in [4.78, 5) is 16.3. The molecule has 1 N–H and O–H groups in total. The van der Waals surface area contributed by atoms with Crippen LogP contribution in [0.5, 0.6) is 5.75 Å². The molecular weight excluding hydrogens is 292 g/mol. The Labute approximate surface area is 125 Å². The molecule has 0 saturated heterocycles. The van der Waals surface area contributed by atoms with E-state index in [1.807, 2.05) is 24.3 Å². The Morgan fingerprint density at radius 1 is 1.24 bits per heavy atom. The number of ether oxygens (including phenoxy) is 1. The molecule has 0 saturated carbocycles. The van der Waals surface area contributed by atoms with E-state index in [4.69, 9.17) is 16.3 Å². The van der Waals surface area contributed by atoms with Crippen molar-refractivity contribution in [1.82, 2.24) is 24.5 Å². The standard InChI is InChI=1S/C13H11ClN6O/c1-21-10-4-2-3-9(7-10)16-12-17-11(14)18-13(19-12)20-6-5-15-8-20/h2-8H,1H3,(H,16,17,18,19). The molecular formula is C13H11ClN6O. The van der Waals surface area contributed by atoms with Gasteiger partial charge < -0.3 is 10.1 Å². The van der Waals surface area contributed by atoms with E-state index in [-0.39, 0.29) is 5.28 Å². The van der Waals surface area contributed by atoms with Crippen molar-refractivity contribution in [2.45, 2.75) is 0 Å². The predicted molar refractivity (Wildman–Crippen MR) is 78.2 cm³/mol. The Balaban J connectivity index is 1.91. The summed E-state index contributed by atoms with van der Waals surface area (Å²) in [5, 5.41) is 3.16. The molecule has 2 heterocycles. The molecule has 7 nitrogen and oxygen atoms in total. The summed E-state index contributed by atoms with van der Waals surface area (Å²) in [6.45, 7) is 0. The van der Waals surface area contributed by atoms with Crippen LogP contribution in [0.2, 0.25) is 5.28 Å². The second kappa shape index (κ2) is 5.76. The largest absolute Gasteiger partial charge is 0.497 e. The van der Waals surface area contributed by atoms with Crippen LogP contribution < -0.4 is 10.1 Å². The smallest absolute Gasteiger partial charge is 0.241 e. The van der Waals surface area contributed by atoms with E-state index in [0.29, 0.717) is 11.9 Å². The van der Waals surface area contributed by atoms with Crippen molar-refractivity contribution in [3.8, 4) is 11.7 Å². The topological polar surface area (TPSA) is 77.8 Å². The Kier molecular flexibility index (Phi) is 3.65.